The fourth-order valence-electron chi connectivity index (χ4n) is 1.76. The Morgan fingerprint density at radius 3 is 2.25 bits per heavy atom. The molecule has 0 unspecified atom stereocenters. The van der Waals surface area contributed by atoms with Gasteiger partial charge in [-0.05, 0) is 34.7 Å². The Kier molecular flexibility index (Phi) is 3.76. The van der Waals surface area contributed by atoms with E-state index < -0.39 is 17.7 Å². The number of aromatic carboxylic acids is 1. The number of hydrogen-bond acceptors (Lipinski definition) is 2. The lowest BCUT2D eigenvalue weighted by Gasteiger charge is -2.08. The Morgan fingerprint density at radius 1 is 1.30 bits per heavy atom. The van der Waals surface area contributed by atoms with Gasteiger partial charge >= 0.3 is 12.1 Å². The Labute approximate surface area is 125 Å². The standard InChI is InChI=1S/C12H8F3IN2O2/c1-18-8(11(19)20)9(16)17-10(18)6-2-4-7(5-3-6)12(13,14)15/h2-5H,1H3,(H,19,20). The van der Waals surface area contributed by atoms with Crippen LogP contribution in [0.3, 0.4) is 0 Å². The molecular formula is C12H8F3IN2O2. The highest BCUT2D eigenvalue weighted by molar-refractivity contribution is 14.1. The largest absolute Gasteiger partial charge is 0.476 e. The number of carboxylic acids is 1. The minimum atomic E-state index is -4.40. The zero-order valence-electron chi connectivity index (χ0n) is 10.1. The number of rotatable bonds is 2. The average Bonchev–Trinajstić information content (AvgIpc) is 2.64. The van der Waals surface area contributed by atoms with Crippen molar-refractivity contribution in [3.63, 3.8) is 0 Å². The molecule has 1 N–H and O–H groups in total. The molecule has 1 aromatic heterocycles. The Hall–Kier alpha value is -1.58. The van der Waals surface area contributed by atoms with Gasteiger partial charge in [0.25, 0.3) is 0 Å². The Morgan fingerprint density at radius 2 is 1.85 bits per heavy atom. The van der Waals surface area contributed by atoms with E-state index >= 15 is 0 Å². The zero-order valence-corrected chi connectivity index (χ0v) is 12.2. The smallest absolute Gasteiger partial charge is 0.416 e. The first-order valence-electron chi connectivity index (χ1n) is 5.35. The van der Waals surface area contributed by atoms with E-state index in [1.54, 1.807) is 22.6 Å². The van der Waals surface area contributed by atoms with E-state index in [-0.39, 0.29) is 9.39 Å². The maximum atomic E-state index is 12.5. The summed E-state index contributed by atoms with van der Waals surface area (Å²) in [5.74, 6) is -0.830. The molecule has 1 heterocycles. The van der Waals surface area contributed by atoms with Gasteiger partial charge in [0, 0.05) is 12.6 Å². The summed E-state index contributed by atoms with van der Waals surface area (Å²) in [6.45, 7) is 0. The number of imidazole rings is 1. The number of halogens is 4. The molecule has 0 aliphatic rings. The van der Waals surface area contributed by atoms with E-state index in [1.807, 2.05) is 0 Å². The van der Waals surface area contributed by atoms with E-state index in [0.29, 0.717) is 11.4 Å². The van der Waals surface area contributed by atoms with Crippen LogP contribution in [-0.4, -0.2) is 20.6 Å². The van der Waals surface area contributed by atoms with Gasteiger partial charge in [-0.25, -0.2) is 9.78 Å². The first-order valence-corrected chi connectivity index (χ1v) is 6.43. The minimum absolute atomic E-state index is 0.000461. The Bertz CT molecular complexity index is 663. The van der Waals surface area contributed by atoms with Crippen LogP contribution in [0.5, 0.6) is 0 Å². The molecule has 0 aliphatic heterocycles. The summed E-state index contributed by atoms with van der Waals surface area (Å²) < 4.78 is 39.1. The number of carboxylic acid groups (broad SMARTS) is 1. The third-order valence-electron chi connectivity index (χ3n) is 2.73. The van der Waals surface area contributed by atoms with Gasteiger partial charge in [0.15, 0.2) is 5.69 Å². The molecular weight excluding hydrogens is 388 g/mol. The van der Waals surface area contributed by atoms with Crippen LogP contribution >= 0.6 is 22.6 Å². The number of hydrogen-bond donors (Lipinski definition) is 1. The summed E-state index contributed by atoms with van der Waals surface area (Å²) >= 11 is 1.78. The molecule has 4 nitrogen and oxygen atoms in total. The maximum absolute atomic E-state index is 12.5. The number of nitrogens with zero attached hydrogens (tertiary/aromatic N) is 2. The van der Waals surface area contributed by atoms with Crippen molar-refractivity contribution in [2.45, 2.75) is 6.18 Å². The highest BCUT2D eigenvalue weighted by Crippen LogP contribution is 2.31. The third kappa shape index (κ3) is 2.65. The molecule has 0 saturated carbocycles. The summed E-state index contributed by atoms with van der Waals surface area (Å²) in [5.41, 5.74) is -0.338. The molecule has 0 amide bonds. The number of carbonyl (C=O) groups is 1. The van der Waals surface area contributed by atoms with Crippen LogP contribution in [0.15, 0.2) is 24.3 Å². The second-order valence-corrected chi connectivity index (χ2v) is 5.04. The van der Waals surface area contributed by atoms with E-state index in [2.05, 4.69) is 4.98 Å². The summed E-state index contributed by atoms with van der Waals surface area (Å²) in [6, 6.07) is 4.42. The second-order valence-electron chi connectivity index (χ2n) is 4.01. The van der Waals surface area contributed by atoms with Gasteiger partial charge in [0.2, 0.25) is 0 Å². The monoisotopic (exact) mass is 396 g/mol. The van der Waals surface area contributed by atoms with Gasteiger partial charge in [0.05, 0.1) is 5.56 Å². The van der Waals surface area contributed by atoms with Crippen molar-refractivity contribution >= 4 is 28.6 Å². The molecule has 2 rings (SSSR count). The van der Waals surface area contributed by atoms with Crippen molar-refractivity contribution < 1.29 is 23.1 Å². The van der Waals surface area contributed by atoms with Crippen LogP contribution in [0.25, 0.3) is 11.4 Å². The molecule has 0 radical (unpaired) electrons. The first-order chi connectivity index (χ1) is 9.21. The van der Waals surface area contributed by atoms with E-state index in [9.17, 15) is 18.0 Å². The number of aromatic nitrogens is 2. The lowest BCUT2D eigenvalue weighted by Crippen LogP contribution is -2.07. The van der Waals surface area contributed by atoms with Crippen LogP contribution in [-0.2, 0) is 13.2 Å². The topological polar surface area (TPSA) is 55.1 Å². The fourth-order valence-corrected chi connectivity index (χ4v) is 2.58. The first kappa shape index (κ1) is 14.8. The predicted octanol–water partition coefficient (Wildman–Crippen LogP) is 3.41. The van der Waals surface area contributed by atoms with Gasteiger partial charge in [0.1, 0.15) is 9.53 Å². The SMILES string of the molecule is Cn1c(-c2ccc(C(F)(F)F)cc2)nc(I)c1C(=O)O. The molecule has 2 aromatic rings. The second kappa shape index (κ2) is 5.08. The van der Waals surface area contributed by atoms with Crippen molar-refractivity contribution in [3.8, 4) is 11.4 Å². The van der Waals surface area contributed by atoms with Gasteiger partial charge in [-0.1, -0.05) is 12.1 Å². The quantitative estimate of drug-likeness (QED) is 0.792. The highest BCUT2D eigenvalue weighted by Gasteiger charge is 2.30. The fraction of sp³-hybridized carbons (Fsp3) is 0.167. The van der Waals surface area contributed by atoms with Crippen LogP contribution in [0, 0.1) is 3.70 Å². The minimum Gasteiger partial charge on any atom is -0.476 e. The van der Waals surface area contributed by atoms with Gasteiger partial charge in [-0.3, -0.25) is 0 Å². The van der Waals surface area contributed by atoms with Crippen molar-refractivity contribution in [3.05, 3.63) is 39.2 Å². The van der Waals surface area contributed by atoms with Crippen molar-refractivity contribution in [2.24, 2.45) is 7.05 Å². The van der Waals surface area contributed by atoms with E-state index in [0.717, 1.165) is 12.1 Å². The van der Waals surface area contributed by atoms with E-state index in [1.165, 1.54) is 23.7 Å². The number of alkyl halides is 3. The molecule has 0 spiro atoms. The lowest BCUT2D eigenvalue weighted by atomic mass is 10.1. The maximum Gasteiger partial charge on any atom is 0.416 e. The van der Waals surface area contributed by atoms with Crippen LogP contribution in [0.4, 0.5) is 13.2 Å². The highest BCUT2D eigenvalue weighted by atomic mass is 127. The van der Waals surface area contributed by atoms with Crippen molar-refractivity contribution in [2.75, 3.05) is 0 Å². The predicted molar refractivity (Wildman–Crippen MR) is 73.3 cm³/mol. The molecule has 1 aromatic carbocycles. The summed E-state index contributed by atoms with van der Waals surface area (Å²) in [7, 11) is 1.51. The van der Waals surface area contributed by atoms with Crippen LogP contribution in [0.1, 0.15) is 16.1 Å². The zero-order chi connectivity index (χ0) is 15.1. The average molecular weight is 396 g/mol. The summed E-state index contributed by atoms with van der Waals surface area (Å²) in [6.07, 6.45) is -4.40. The molecule has 0 atom stereocenters. The molecule has 20 heavy (non-hydrogen) atoms. The van der Waals surface area contributed by atoms with Crippen molar-refractivity contribution in [1.82, 2.24) is 9.55 Å². The molecule has 0 saturated heterocycles. The molecule has 8 heteroatoms. The van der Waals surface area contributed by atoms with Crippen molar-refractivity contribution in [1.29, 1.82) is 0 Å². The van der Waals surface area contributed by atoms with Gasteiger partial charge in [-0.2, -0.15) is 13.2 Å². The normalized spacial score (nSPS) is 11.7. The van der Waals surface area contributed by atoms with Crippen LogP contribution < -0.4 is 0 Å². The molecule has 0 bridgehead atoms. The van der Waals surface area contributed by atoms with Gasteiger partial charge < -0.3 is 9.67 Å². The lowest BCUT2D eigenvalue weighted by molar-refractivity contribution is -0.137. The summed E-state index contributed by atoms with van der Waals surface area (Å²) in [5, 5.41) is 9.04. The van der Waals surface area contributed by atoms with E-state index in [4.69, 9.17) is 5.11 Å². The molecule has 0 fully saturated rings. The van der Waals surface area contributed by atoms with Gasteiger partial charge in [-0.15, -0.1) is 0 Å². The van der Waals surface area contributed by atoms with Crippen LogP contribution in [0.2, 0.25) is 0 Å². The Balaban J connectivity index is 2.48. The molecule has 106 valence electrons. The summed E-state index contributed by atoms with van der Waals surface area (Å²) in [4.78, 5) is 15.1. The number of benzene rings is 1. The third-order valence-corrected chi connectivity index (χ3v) is 3.48. The molecule has 0 aliphatic carbocycles.